The highest BCUT2D eigenvalue weighted by Gasteiger charge is 2.26. The van der Waals surface area contributed by atoms with Crippen LogP contribution in [0.2, 0.25) is 0 Å². The van der Waals surface area contributed by atoms with E-state index in [0.29, 0.717) is 25.9 Å². The van der Waals surface area contributed by atoms with Crippen molar-refractivity contribution in [2.24, 2.45) is 0 Å². The third-order valence-corrected chi connectivity index (χ3v) is 4.41. The molecule has 1 aliphatic heterocycles. The summed E-state index contributed by atoms with van der Waals surface area (Å²) >= 11 is 0. The SMILES string of the molecule is CC1NC(=O)CCN(CCC(C)S(C)=O)C1=O. The van der Waals surface area contributed by atoms with Crippen LogP contribution < -0.4 is 5.32 Å². The van der Waals surface area contributed by atoms with E-state index in [0.717, 1.165) is 0 Å². The van der Waals surface area contributed by atoms with E-state index < -0.39 is 16.8 Å². The zero-order chi connectivity index (χ0) is 13.0. The summed E-state index contributed by atoms with van der Waals surface area (Å²) in [5.74, 6) is -0.134. The van der Waals surface area contributed by atoms with E-state index in [1.165, 1.54) is 0 Å². The van der Waals surface area contributed by atoms with Gasteiger partial charge in [-0.05, 0) is 13.3 Å². The largest absolute Gasteiger partial charge is 0.345 e. The number of hydrogen-bond donors (Lipinski definition) is 1. The Hall–Kier alpha value is -0.910. The number of carbonyl (C=O) groups excluding carboxylic acids is 2. The molecule has 1 rings (SSSR count). The Kier molecular flexibility index (Phi) is 5.11. The van der Waals surface area contributed by atoms with Gasteiger partial charge in [0.2, 0.25) is 11.8 Å². The zero-order valence-electron chi connectivity index (χ0n) is 10.6. The molecule has 0 aromatic carbocycles. The van der Waals surface area contributed by atoms with Crippen molar-refractivity contribution in [1.82, 2.24) is 10.2 Å². The predicted molar refractivity (Wildman–Crippen MR) is 66.9 cm³/mol. The average molecular weight is 260 g/mol. The van der Waals surface area contributed by atoms with E-state index in [4.69, 9.17) is 0 Å². The second-order valence-corrected chi connectivity index (χ2v) is 6.26. The minimum absolute atomic E-state index is 0.0510. The summed E-state index contributed by atoms with van der Waals surface area (Å²) in [6.45, 7) is 4.63. The molecule has 1 aliphatic rings. The van der Waals surface area contributed by atoms with E-state index in [-0.39, 0.29) is 17.1 Å². The van der Waals surface area contributed by atoms with Gasteiger partial charge in [-0.3, -0.25) is 13.8 Å². The van der Waals surface area contributed by atoms with Crippen LogP contribution >= 0.6 is 0 Å². The van der Waals surface area contributed by atoms with Crippen molar-refractivity contribution in [3.8, 4) is 0 Å². The molecule has 0 aliphatic carbocycles. The number of amides is 2. The first-order chi connectivity index (χ1) is 7.91. The highest BCUT2D eigenvalue weighted by molar-refractivity contribution is 7.84. The van der Waals surface area contributed by atoms with Gasteiger partial charge < -0.3 is 10.2 Å². The lowest BCUT2D eigenvalue weighted by Crippen LogP contribution is -2.43. The Morgan fingerprint density at radius 2 is 2.18 bits per heavy atom. The van der Waals surface area contributed by atoms with Gasteiger partial charge in [0, 0.05) is 41.8 Å². The van der Waals surface area contributed by atoms with E-state index in [9.17, 15) is 13.8 Å². The molecule has 6 heteroatoms. The Bertz CT molecular complexity index is 333. The molecule has 1 fully saturated rings. The van der Waals surface area contributed by atoms with Crippen LogP contribution in [-0.4, -0.2) is 51.6 Å². The summed E-state index contributed by atoms with van der Waals surface area (Å²) < 4.78 is 11.2. The van der Waals surface area contributed by atoms with E-state index in [1.807, 2.05) is 6.92 Å². The molecule has 98 valence electrons. The summed E-state index contributed by atoms with van der Waals surface area (Å²) in [7, 11) is -0.867. The standard InChI is InChI=1S/C11H20N2O3S/c1-8(17(3)16)4-6-13-7-5-10(14)12-9(2)11(13)15/h8-9H,4-7H2,1-3H3,(H,12,14). The molecule has 5 nitrogen and oxygen atoms in total. The van der Waals surface area contributed by atoms with Gasteiger partial charge in [0.05, 0.1) is 0 Å². The Balaban J connectivity index is 2.54. The monoisotopic (exact) mass is 260 g/mol. The first-order valence-corrected chi connectivity index (χ1v) is 7.44. The summed E-state index contributed by atoms with van der Waals surface area (Å²) in [4.78, 5) is 24.9. The molecule has 3 atom stereocenters. The third-order valence-electron chi connectivity index (χ3n) is 3.04. The van der Waals surface area contributed by atoms with Crippen molar-refractivity contribution in [2.45, 2.75) is 38.0 Å². The van der Waals surface area contributed by atoms with Gasteiger partial charge in [0.15, 0.2) is 0 Å². The molecule has 0 saturated carbocycles. The van der Waals surface area contributed by atoms with E-state index in [2.05, 4.69) is 5.32 Å². The van der Waals surface area contributed by atoms with Crippen LogP contribution in [0.4, 0.5) is 0 Å². The molecule has 1 heterocycles. The molecule has 2 amide bonds. The van der Waals surface area contributed by atoms with Crippen LogP contribution in [-0.2, 0) is 20.4 Å². The van der Waals surface area contributed by atoms with E-state index >= 15 is 0 Å². The fourth-order valence-corrected chi connectivity index (χ4v) is 2.16. The normalized spacial score (nSPS) is 25.1. The lowest BCUT2D eigenvalue weighted by atomic mass is 10.2. The topological polar surface area (TPSA) is 66.5 Å². The van der Waals surface area contributed by atoms with Gasteiger partial charge in [-0.1, -0.05) is 6.92 Å². The quantitative estimate of drug-likeness (QED) is 0.766. The fraction of sp³-hybridized carbons (Fsp3) is 0.818. The van der Waals surface area contributed by atoms with Crippen molar-refractivity contribution in [3.63, 3.8) is 0 Å². The van der Waals surface area contributed by atoms with Crippen LogP contribution in [0.5, 0.6) is 0 Å². The molecular formula is C11H20N2O3S. The second-order valence-electron chi connectivity index (χ2n) is 4.46. The van der Waals surface area contributed by atoms with Crippen LogP contribution in [0.3, 0.4) is 0 Å². The highest BCUT2D eigenvalue weighted by Crippen LogP contribution is 2.07. The maximum Gasteiger partial charge on any atom is 0.244 e. The van der Waals surface area contributed by atoms with Gasteiger partial charge in [0.25, 0.3) is 0 Å². The number of nitrogens with zero attached hydrogens (tertiary/aromatic N) is 1. The molecule has 0 bridgehead atoms. The lowest BCUT2D eigenvalue weighted by Gasteiger charge is -2.23. The summed E-state index contributed by atoms with van der Waals surface area (Å²) in [6.07, 6.45) is 2.72. The number of hydrogen-bond acceptors (Lipinski definition) is 3. The van der Waals surface area contributed by atoms with E-state index in [1.54, 1.807) is 18.1 Å². The van der Waals surface area contributed by atoms with Crippen molar-refractivity contribution in [1.29, 1.82) is 0 Å². The first kappa shape index (κ1) is 14.2. The van der Waals surface area contributed by atoms with Crippen LogP contribution in [0.15, 0.2) is 0 Å². The van der Waals surface area contributed by atoms with Gasteiger partial charge in [0.1, 0.15) is 6.04 Å². The molecule has 0 spiro atoms. The highest BCUT2D eigenvalue weighted by atomic mass is 32.2. The molecule has 0 aromatic heterocycles. The first-order valence-electron chi connectivity index (χ1n) is 5.82. The minimum Gasteiger partial charge on any atom is -0.345 e. The number of carbonyl (C=O) groups is 2. The Morgan fingerprint density at radius 3 is 2.76 bits per heavy atom. The number of nitrogens with one attached hydrogen (secondary N) is 1. The zero-order valence-corrected chi connectivity index (χ0v) is 11.4. The van der Waals surface area contributed by atoms with Crippen molar-refractivity contribution in [2.75, 3.05) is 19.3 Å². The van der Waals surface area contributed by atoms with Crippen LogP contribution in [0.25, 0.3) is 0 Å². The van der Waals surface area contributed by atoms with Crippen molar-refractivity contribution >= 4 is 22.6 Å². The molecule has 0 aromatic rings. The summed E-state index contributed by atoms with van der Waals surface area (Å²) in [6, 6.07) is -0.451. The molecule has 0 radical (unpaired) electrons. The van der Waals surface area contributed by atoms with Gasteiger partial charge in [-0.25, -0.2) is 0 Å². The van der Waals surface area contributed by atoms with Crippen LogP contribution in [0, 0.1) is 0 Å². The molecule has 17 heavy (non-hydrogen) atoms. The lowest BCUT2D eigenvalue weighted by molar-refractivity contribution is -0.133. The Morgan fingerprint density at radius 1 is 1.53 bits per heavy atom. The second kappa shape index (κ2) is 6.14. The summed E-state index contributed by atoms with van der Waals surface area (Å²) in [5, 5.41) is 2.72. The number of rotatable bonds is 4. The average Bonchev–Trinajstić information content (AvgIpc) is 2.37. The maximum absolute atomic E-state index is 11.9. The molecule has 1 N–H and O–H groups in total. The van der Waals surface area contributed by atoms with Gasteiger partial charge in [-0.2, -0.15) is 0 Å². The smallest absolute Gasteiger partial charge is 0.244 e. The molecule has 1 saturated heterocycles. The third kappa shape index (κ3) is 4.11. The fourth-order valence-electron chi connectivity index (χ4n) is 1.72. The van der Waals surface area contributed by atoms with Gasteiger partial charge >= 0.3 is 0 Å². The van der Waals surface area contributed by atoms with Crippen molar-refractivity contribution < 1.29 is 13.8 Å². The summed E-state index contributed by atoms with van der Waals surface area (Å²) in [5.41, 5.74) is 0. The molecular weight excluding hydrogens is 240 g/mol. The van der Waals surface area contributed by atoms with Crippen LogP contribution in [0.1, 0.15) is 26.7 Å². The van der Waals surface area contributed by atoms with Gasteiger partial charge in [-0.15, -0.1) is 0 Å². The maximum atomic E-state index is 11.9. The van der Waals surface area contributed by atoms with Crippen molar-refractivity contribution in [3.05, 3.63) is 0 Å². The minimum atomic E-state index is -0.867. The Labute approximate surface area is 104 Å². The molecule has 3 unspecified atom stereocenters. The predicted octanol–water partition coefficient (Wildman–Crippen LogP) is -0.119.